The van der Waals surface area contributed by atoms with Gasteiger partial charge in [-0.15, -0.1) is 0 Å². The molecule has 0 aliphatic carbocycles. The molecule has 1 unspecified atom stereocenters. The molecule has 0 aromatic heterocycles. The monoisotopic (exact) mass is 392 g/mol. The fourth-order valence-corrected chi connectivity index (χ4v) is 4.44. The van der Waals surface area contributed by atoms with Gasteiger partial charge in [0, 0.05) is 63.7 Å². The molecule has 2 heterocycles. The first-order chi connectivity index (χ1) is 14.1. The molecule has 0 radical (unpaired) electrons. The van der Waals surface area contributed by atoms with Crippen molar-refractivity contribution in [1.29, 1.82) is 0 Å². The van der Waals surface area contributed by atoms with E-state index < -0.39 is 0 Å². The van der Waals surface area contributed by atoms with Gasteiger partial charge >= 0.3 is 0 Å². The molecule has 2 fully saturated rings. The second kappa shape index (κ2) is 8.87. The Labute approximate surface area is 174 Å². The fourth-order valence-electron chi connectivity index (χ4n) is 4.44. The average molecular weight is 393 g/mol. The van der Waals surface area contributed by atoms with Crippen molar-refractivity contribution in [3.05, 3.63) is 60.2 Å². The summed E-state index contributed by atoms with van der Waals surface area (Å²) < 4.78 is 0. The lowest BCUT2D eigenvalue weighted by Gasteiger charge is -2.42. The number of carbonyl (C=O) groups is 1. The minimum Gasteiger partial charge on any atom is -0.369 e. The van der Waals surface area contributed by atoms with Crippen LogP contribution in [-0.2, 0) is 4.79 Å². The molecule has 154 valence electrons. The van der Waals surface area contributed by atoms with Crippen molar-refractivity contribution in [2.45, 2.75) is 19.9 Å². The maximum absolute atomic E-state index is 13.1. The molecule has 2 aliphatic rings. The van der Waals surface area contributed by atoms with Gasteiger partial charge in [0.05, 0.1) is 6.04 Å². The average Bonchev–Trinajstić information content (AvgIpc) is 2.79. The van der Waals surface area contributed by atoms with E-state index in [9.17, 15) is 4.79 Å². The highest BCUT2D eigenvalue weighted by Crippen LogP contribution is 2.20. The van der Waals surface area contributed by atoms with Gasteiger partial charge < -0.3 is 14.7 Å². The summed E-state index contributed by atoms with van der Waals surface area (Å²) in [6.45, 7) is 11.5. The second-order valence-electron chi connectivity index (χ2n) is 8.19. The summed E-state index contributed by atoms with van der Waals surface area (Å²) in [5, 5.41) is 0. The molecule has 29 heavy (non-hydrogen) atoms. The van der Waals surface area contributed by atoms with Crippen LogP contribution in [0.3, 0.4) is 0 Å². The van der Waals surface area contributed by atoms with Gasteiger partial charge in [-0.3, -0.25) is 9.69 Å². The van der Waals surface area contributed by atoms with Crippen molar-refractivity contribution in [1.82, 2.24) is 9.80 Å². The van der Waals surface area contributed by atoms with Gasteiger partial charge in [0.15, 0.2) is 0 Å². The molecule has 1 amide bonds. The van der Waals surface area contributed by atoms with E-state index in [2.05, 4.69) is 82.0 Å². The third kappa shape index (κ3) is 4.56. The number of anilines is 2. The number of amides is 1. The Kier molecular flexibility index (Phi) is 6.05. The van der Waals surface area contributed by atoms with Crippen LogP contribution >= 0.6 is 0 Å². The third-order valence-corrected chi connectivity index (χ3v) is 6.30. The van der Waals surface area contributed by atoms with Gasteiger partial charge in [0.25, 0.3) is 0 Å². The number of para-hydroxylation sites is 1. The molecule has 2 aliphatic heterocycles. The molecule has 0 N–H and O–H groups in total. The van der Waals surface area contributed by atoms with Gasteiger partial charge in [0.1, 0.15) is 0 Å². The number of benzene rings is 2. The largest absolute Gasteiger partial charge is 0.369 e. The smallest absolute Gasteiger partial charge is 0.239 e. The van der Waals surface area contributed by atoms with Crippen LogP contribution in [-0.4, -0.2) is 74.1 Å². The van der Waals surface area contributed by atoms with Crippen LogP contribution in [0.5, 0.6) is 0 Å². The summed E-state index contributed by atoms with van der Waals surface area (Å²) in [6.07, 6.45) is 0. The molecule has 5 nitrogen and oxygen atoms in total. The Morgan fingerprint density at radius 1 is 0.759 bits per heavy atom. The summed E-state index contributed by atoms with van der Waals surface area (Å²) in [5.74, 6) is 0.279. The van der Waals surface area contributed by atoms with Crippen LogP contribution in [0.1, 0.15) is 12.5 Å². The van der Waals surface area contributed by atoms with Crippen LogP contribution in [0.15, 0.2) is 54.6 Å². The van der Waals surface area contributed by atoms with Crippen LogP contribution in [0, 0.1) is 6.92 Å². The summed E-state index contributed by atoms with van der Waals surface area (Å²) in [5.41, 5.74) is 3.84. The number of hydrogen-bond donors (Lipinski definition) is 0. The molecule has 5 heteroatoms. The van der Waals surface area contributed by atoms with Crippen molar-refractivity contribution in [3.63, 3.8) is 0 Å². The van der Waals surface area contributed by atoms with E-state index in [1.807, 2.05) is 6.07 Å². The summed E-state index contributed by atoms with van der Waals surface area (Å²) in [6, 6.07) is 19.1. The molecule has 4 rings (SSSR count). The van der Waals surface area contributed by atoms with Crippen molar-refractivity contribution >= 4 is 17.3 Å². The lowest BCUT2D eigenvalue weighted by Crippen LogP contribution is -2.57. The van der Waals surface area contributed by atoms with Crippen LogP contribution in [0.2, 0.25) is 0 Å². The standard InChI is InChI=1S/C24H32N4O/c1-20-7-6-10-23(19-20)27-13-11-25(12-14-27)21(2)24(29)28-17-15-26(16-18-28)22-8-4-3-5-9-22/h3-10,19,21H,11-18H2,1-2H3. The first-order valence-corrected chi connectivity index (χ1v) is 10.8. The Balaban J connectivity index is 1.28. The minimum atomic E-state index is -0.0436. The van der Waals surface area contributed by atoms with Crippen molar-refractivity contribution in [3.8, 4) is 0 Å². The van der Waals surface area contributed by atoms with E-state index in [0.717, 1.165) is 52.4 Å². The molecule has 2 aromatic rings. The first kappa shape index (κ1) is 19.8. The van der Waals surface area contributed by atoms with Crippen molar-refractivity contribution < 1.29 is 4.79 Å². The normalized spacial score (nSPS) is 19.3. The first-order valence-electron chi connectivity index (χ1n) is 10.8. The lowest BCUT2D eigenvalue weighted by atomic mass is 10.1. The van der Waals surface area contributed by atoms with Gasteiger partial charge in [-0.25, -0.2) is 0 Å². The minimum absolute atomic E-state index is 0.0436. The summed E-state index contributed by atoms with van der Waals surface area (Å²) in [7, 11) is 0. The molecule has 0 saturated carbocycles. The van der Waals surface area contributed by atoms with E-state index >= 15 is 0 Å². The number of carbonyl (C=O) groups excluding carboxylic acids is 1. The molecule has 0 spiro atoms. The quantitative estimate of drug-likeness (QED) is 0.800. The number of nitrogens with zero attached hydrogens (tertiary/aromatic N) is 4. The van der Waals surface area contributed by atoms with Gasteiger partial charge in [0.2, 0.25) is 5.91 Å². The van der Waals surface area contributed by atoms with E-state index in [1.165, 1.54) is 16.9 Å². The van der Waals surface area contributed by atoms with E-state index in [1.54, 1.807) is 0 Å². The number of aryl methyl sites for hydroxylation is 1. The highest BCUT2D eigenvalue weighted by Gasteiger charge is 2.30. The SMILES string of the molecule is Cc1cccc(N2CCN(C(C)C(=O)N3CCN(c4ccccc4)CC3)CC2)c1. The number of rotatable bonds is 4. The second-order valence-corrected chi connectivity index (χ2v) is 8.19. The maximum atomic E-state index is 13.1. The summed E-state index contributed by atoms with van der Waals surface area (Å²) in [4.78, 5) is 22.3. The molecular formula is C24H32N4O. The fraction of sp³-hybridized carbons (Fsp3) is 0.458. The molecule has 0 bridgehead atoms. The number of hydrogen-bond acceptors (Lipinski definition) is 4. The molecule has 1 atom stereocenters. The lowest BCUT2D eigenvalue weighted by molar-refractivity contribution is -0.136. The van der Waals surface area contributed by atoms with Crippen molar-refractivity contribution in [2.24, 2.45) is 0 Å². The van der Waals surface area contributed by atoms with E-state index in [-0.39, 0.29) is 11.9 Å². The topological polar surface area (TPSA) is 30.0 Å². The van der Waals surface area contributed by atoms with Crippen LogP contribution < -0.4 is 9.80 Å². The van der Waals surface area contributed by atoms with Gasteiger partial charge in [-0.2, -0.15) is 0 Å². The van der Waals surface area contributed by atoms with E-state index in [0.29, 0.717) is 0 Å². The third-order valence-electron chi connectivity index (χ3n) is 6.30. The molecule has 2 saturated heterocycles. The molecule has 2 aromatic carbocycles. The Bertz CT molecular complexity index is 809. The molecular weight excluding hydrogens is 360 g/mol. The Hall–Kier alpha value is -2.53. The number of piperazine rings is 2. The zero-order valence-corrected chi connectivity index (χ0v) is 17.6. The zero-order valence-electron chi connectivity index (χ0n) is 17.6. The predicted octanol–water partition coefficient (Wildman–Crippen LogP) is 2.85. The highest BCUT2D eigenvalue weighted by molar-refractivity contribution is 5.81. The zero-order chi connectivity index (χ0) is 20.2. The van der Waals surface area contributed by atoms with Gasteiger partial charge in [-0.1, -0.05) is 30.3 Å². The van der Waals surface area contributed by atoms with Crippen LogP contribution in [0.4, 0.5) is 11.4 Å². The maximum Gasteiger partial charge on any atom is 0.239 e. The van der Waals surface area contributed by atoms with Crippen LogP contribution in [0.25, 0.3) is 0 Å². The Morgan fingerprint density at radius 2 is 1.34 bits per heavy atom. The predicted molar refractivity (Wildman–Crippen MR) is 120 cm³/mol. The Morgan fingerprint density at radius 3 is 2.00 bits per heavy atom. The highest BCUT2D eigenvalue weighted by atomic mass is 16.2. The summed E-state index contributed by atoms with van der Waals surface area (Å²) >= 11 is 0. The van der Waals surface area contributed by atoms with Crippen molar-refractivity contribution in [2.75, 3.05) is 62.2 Å². The van der Waals surface area contributed by atoms with E-state index in [4.69, 9.17) is 0 Å². The van der Waals surface area contributed by atoms with Gasteiger partial charge in [-0.05, 0) is 43.7 Å².